The van der Waals surface area contributed by atoms with E-state index in [4.69, 9.17) is 0 Å². The highest BCUT2D eigenvalue weighted by molar-refractivity contribution is 7.15. The van der Waals surface area contributed by atoms with E-state index in [9.17, 15) is 0 Å². The molecule has 0 bridgehead atoms. The number of allylic oxidation sites excluding steroid dienone is 4. The van der Waals surface area contributed by atoms with Crippen molar-refractivity contribution >= 4 is 33.8 Å². The molecule has 38 heavy (non-hydrogen) atoms. The number of aryl methyl sites for hydroxylation is 4. The summed E-state index contributed by atoms with van der Waals surface area (Å²) in [6, 6.07) is 18.9. The number of thiophene rings is 2. The summed E-state index contributed by atoms with van der Waals surface area (Å²) in [4.78, 5) is 5.52. The zero-order valence-electron chi connectivity index (χ0n) is 23.8. The molecule has 192 valence electrons. The minimum absolute atomic E-state index is 0.00491. The number of rotatable bonds is 2. The summed E-state index contributed by atoms with van der Waals surface area (Å²) >= 11 is 3.81. The highest BCUT2D eigenvalue weighted by Crippen LogP contribution is 2.62. The van der Waals surface area contributed by atoms with E-state index in [0.717, 1.165) is 6.42 Å². The second-order valence-corrected chi connectivity index (χ2v) is 15.4. The van der Waals surface area contributed by atoms with Gasteiger partial charge in [-0.05, 0) is 155 Å². The molecule has 2 aromatic carbocycles. The van der Waals surface area contributed by atoms with Gasteiger partial charge in [-0.25, -0.2) is 0 Å². The second kappa shape index (κ2) is 7.93. The molecule has 1 atom stereocenters. The molecule has 0 radical (unpaired) electrons. The Bertz CT molecular complexity index is 1730. The van der Waals surface area contributed by atoms with Crippen molar-refractivity contribution in [1.29, 1.82) is 0 Å². The van der Waals surface area contributed by atoms with Crippen LogP contribution >= 0.6 is 22.7 Å². The molecule has 0 nitrogen and oxygen atoms in total. The summed E-state index contributed by atoms with van der Waals surface area (Å²) < 4.78 is 0. The summed E-state index contributed by atoms with van der Waals surface area (Å²) in [7, 11) is 0. The predicted octanol–water partition coefficient (Wildman–Crippen LogP) is 10.8. The highest BCUT2D eigenvalue weighted by Gasteiger charge is 2.49. The third-order valence-corrected chi connectivity index (χ3v) is 11.7. The minimum Gasteiger partial charge on any atom is -0.141 e. The zero-order chi connectivity index (χ0) is 26.7. The number of fused-ring (bicyclic) bond motifs is 5. The normalized spacial score (nSPS) is 20.2. The molecule has 0 saturated heterocycles. The van der Waals surface area contributed by atoms with E-state index in [1.807, 2.05) is 22.7 Å². The van der Waals surface area contributed by atoms with Crippen LogP contribution < -0.4 is 0 Å². The van der Waals surface area contributed by atoms with Crippen molar-refractivity contribution in [2.24, 2.45) is 5.92 Å². The van der Waals surface area contributed by atoms with E-state index in [0.29, 0.717) is 5.92 Å². The third kappa shape index (κ3) is 3.26. The molecule has 3 aliphatic carbocycles. The molecule has 7 rings (SSSR count). The van der Waals surface area contributed by atoms with Gasteiger partial charge in [0.05, 0.1) is 0 Å². The first-order chi connectivity index (χ1) is 18.0. The quantitative estimate of drug-likeness (QED) is 0.241. The van der Waals surface area contributed by atoms with Crippen LogP contribution in [0.1, 0.15) is 77.3 Å². The van der Waals surface area contributed by atoms with Gasteiger partial charge in [-0.3, -0.25) is 0 Å². The number of benzene rings is 2. The van der Waals surface area contributed by atoms with Crippen LogP contribution in [0, 0.1) is 33.6 Å². The average molecular weight is 533 g/mol. The Labute approximate surface area is 235 Å². The van der Waals surface area contributed by atoms with Gasteiger partial charge in [-0.15, -0.1) is 22.7 Å². The van der Waals surface area contributed by atoms with Gasteiger partial charge < -0.3 is 0 Å². The van der Waals surface area contributed by atoms with Crippen LogP contribution in [0.5, 0.6) is 0 Å². The van der Waals surface area contributed by atoms with Crippen molar-refractivity contribution in [3.05, 3.63) is 103 Å². The molecular formula is C36H36S2. The fourth-order valence-corrected chi connectivity index (χ4v) is 9.32. The van der Waals surface area contributed by atoms with Gasteiger partial charge in [0, 0.05) is 24.9 Å². The third-order valence-electron chi connectivity index (χ3n) is 9.63. The van der Waals surface area contributed by atoms with E-state index >= 15 is 0 Å². The predicted molar refractivity (Wildman–Crippen MR) is 168 cm³/mol. The summed E-state index contributed by atoms with van der Waals surface area (Å²) in [5.41, 5.74) is 16.5. The molecule has 2 heteroatoms. The lowest BCUT2D eigenvalue weighted by Gasteiger charge is -2.33. The van der Waals surface area contributed by atoms with E-state index in [1.165, 1.54) is 64.0 Å². The van der Waals surface area contributed by atoms with Gasteiger partial charge in [0.15, 0.2) is 0 Å². The van der Waals surface area contributed by atoms with E-state index in [1.54, 1.807) is 16.7 Å². The maximum Gasteiger partial charge on any atom is 0.0345 e. The van der Waals surface area contributed by atoms with Crippen LogP contribution in [0.15, 0.2) is 60.2 Å². The van der Waals surface area contributed by atoms with E-state index in [2.05, 4.69) is 110 Å². The number of hydrogen-bond donors (Lipinski definition) is 0. The van der Waals surface area contributed by atoms with Crippen molar-refractivity contribution in [1.82, 2.24) is 0 Å². The van der Waals surface area contributed by atoms with Crippen LogP contribution in [-0.4, -0.2) is 0 Å². The first-order valence-corrected chi connectivity index (χ1v) is 15.5. The molecule has 2 aromatic heterocycles. The molecule has 3 aliphatic rings. The Morgan fingerprint density at radius 1 is 0.684 bits per heavy atom. The van der Waals surface area contributed by atoms with Gasteiger partial charge >= 0.3 is 0 Å². The summed E-state index contributed by atoms with van der Waals surface area (Å²) in [6.07, 6.45) is 3.75. The zero-order valence-corrected chi connectivity index (χ0v) is 25.4. The van der Waals surface area contributed by atoms with Crippen LogP contribution in [-0.2, 0) is 10.8 Å². The van der Waals surface area contributed by atoms with Gasteiger partial charge in [0.2, 0.25) is 0 Å². The average Bonchev–Trinajstić information content (AvgIpc) is 3.59. The molecule has 2 heterocycles. The lowest BCUT2D eigenvalue weighted by atomic mass is 9.70. The summed E-state index contributed by atoms with van der Waals surface area (Å²) in [6.45, 7) is 19.0. The molecule has 0 fully saturated rings. The molecule has 0 spiro atoms. The van der Waals surface area contributed by atoms with Gasteiger partial charge in [0.25, 0.3) is 0 Å². The van der Waals surface area contributed by atoms with Crippen LogP contribution in [0.3, 0.4) is 0 Å². The fourth-order valence-electron chi connectivity index (χ4n) is 7.61. The van der Waals surface area contributed by atoms with Crippen LogP contribution in [0.2, 0.25) is 0 Å². The molecule has 0 amide bonds. The van der Waals surface area contributed by atoms with Crippen molar-refractivity contribution in [2.45, 2.75) is 72.6 Å². The van der Waals surface area contributed by atoms with E-state index < -0.39 is 0 Å². The molecule has 0 aliphatic heterocycles. The molecule has 1 unspecified atom stereocenters. The Morgan fingerprint density at radius 2 is 1.24 bits per heavy atom. The lowest BCUT2D eigenvalue weighted by molar-refractivity contribution is 0.417. The highest BCUT2D eigenvalue weighted by atomic mass is 32.1. The lowest BCUT2D eigenvalue weighted by Crippen LogP contribution is -2.26. The monoisotopic (exact) mass is 532 g/mol. The van der Waals surface area contributed by atoms with E-state index in [-0.39, 0.29) is 10.8 Å². The maximum absolute atomic E-state index is 2.62. The standard InChI is InChI=1S/C36H36S2/c1-19-13-23(31-11-9-21(3)37-31)15-29-33(19)25-17-28-26(18-27(25)35(29,5)6)34-20(2)14-24(16-30(34)36(28,7)8)32-12-10-22(4)38-32/h9-17,27H,18H2,1-8H3. The van der Waals surface area contributed by atoms with Crippen molar-refractivity contribution in [3.8, 4) is 20.9 Å². The van der Waals surface area contributed by atoms with Crippen molar-refractivity contribution in [2.75, 3.05) is 0 Å². The smallest absolute Gasteiger partial charge is 0.0345 e. The Hall–Kier alpha value is -2.68. The first-order valence-electron chi connectivity index (χ1n) is 13.9. The Morgan fingerprint density at radius 3 is 1.79 bits per heavy atom. The summed E-state index contributed by atoms with van der Waals surface area (Å²) in [5, 5.41) is 0. The first kappa shape index (κ1) is 24.4. The molecule has 0 saturated carbocycles. The molecule has 4 aromatic rings. The second-order valence-electron chi connectivity index (χ2n) is 12.8. The summed E-state index contributed by atoms with van der Waals surface area (Å²) in [5.74, 6) is 0.510. The van der Waals surface area contributed by atoms with Crippen molar-refractivity contribution in [3.63, 3.8) is 0 Å². The Kier molecular flexibility index (Phi) is 5.08. The maximum atomic E-state index is 2.62. The topological polar surface area (TPSA) is 0 Å². The SMILES string of the molecule is Cc1ccc(-c2cc(C)c3c(c2)C(C)(C)C2=C3CC3C(=C2)c2c(C)cc(-c4ccc(C)s4)cc2C3(C)C)s1. The minimum atomic E-state index is 0.00491. The number of hydrogen-bond acceptors (Lipinski definition) is 2. The van der Waals surface area contributed by atoms with Crippen LogP contribution in [0.4, 0.5) is 0 Å². The van der Waals surface area contributed by atoms with Crippen LogP contribution in [0.25, 0.3) is 32.0 Å². The van der Waals surface area contributed by atoms with Gasteiger partial charge in [-0.1, -0.05) is 33.8 Å². The molecular weight excluding hydrogens is 497 g/mol. The fraction of sp³-hybridized carbons (Fsp3) is 0.333. The molecule has 0 N–H and O–H groups in total. The van der Waals surface area contributed by atoms with Crippen molar-refractivity contribution < 1.29 is 0 Å². The largest absolute Gasteiger partial charge is 0.141 e. The van der Waals surface area contributed by atoms with Gasteiger partial charge in [-0.2, -0.15) is 0 Å². The Balaban J connectivity index is 1.38. The van der Waals surface area contributed by atoms with Gasteiger partial charge in [0.1, 0.15) is 0 Å².